The lowest BCUT2D eigenvalue weighted by molar-refractivity contribution is 0.0592. The maximum absolute atomic E-state index is 11.5. The molecule has 0 amide bonds. The first-order chi connectivity index (χ1) is 65.0. The summed E-state index contributed by atoms with van der Waals surface area (Å²) in [4.78, 5) is 154. The minimum Gasteiger partial charge on any atom is -0.497 e. The van der Waals surface area contributed by atoms with Gasteiger partial charge in [0.25, 0.3) is 0 Å². The highest BCUT2D eigenvalue weighted by Gasteiger charge is 2.27. The normalized spacial score (nSPS) is 12.7. The van der Waals surface area contributed by atoms with Crippen LogP contribution in [0.5, 0.6) is 11.5 Å². The van der Waals surface area contributed by atoms with Gasteiger partial charge >= 0.3 is 11.9 Å². The van der Waals surface area contributed by atoms with Crippen LogP contribution in [0.2, 0.25) is 5.02 Å². The van der Waals surface area contributed by atoms with Crippen LogP contribution in [0.1, 0.15) is 134 Å². The summed E-state index contributed by atoms with van der Waals surface area (Å²) in [7, 11) is 4.54. The number of aromatic nitrogens is 14. The molecule has 3 saturated heterocycles. The number of esters is 1. The van der Waals surface area contributed by atoms with Crippen molar-refractivity contribution >= 4 is 221 Å². The predicted octanol–water partition coefficient (Wildman–Crippen LogP) is 20.7. The first kappa shape index (κ1) is 101. The molecule has 0 aliphatic carbocycles. The predicted molar refractivity (Wildman–Crippen MR) is 556 cm³/mol. The van der Waals surface area contributed by atoms with Crippen LogP contribution in [0, 0.1) is 6.92 Å². The Morgan fingerprint density at radius 2 is 0.791 bits per heavy atom. The molecule has 3 aliphatic rings. The number of aldehydes is 6. The Morgan fingerprint density at radius 3 is 1.26 bits per heavy atom. The van der Waals surface area contributed by atoms with Crippen LogP contribution >= 0.6 is 11.6 Å². The van der Waals surface area contributed by atoms with Crippen LogP contribution in [0.4, 0.5) is 28.8 Å². The van der Waals surface area contributed by atoms with Gasteiger partial charge in [-0.15, -0.1) is 0 Å². The summed E-state index contributed by atoms with van der Waals surface area (Å²) in [6, 6.07) is 56.7. The van der Waals surface area contributed by atoms with Gasteiger partial charge in [-0.3, -0.25) is 28.8 Å². The van der Waals surface area contributed by atoms with Gasteiger partial charge in [0, 0.05) is 203 Å². The zero-order valence-electron chi connectivity index (χ0n) is 72.2. The number of para-hydroxylation sites is 1. The Balaban J connectivity index is 0.000000149. The Kier molecular flexibility index (Phi) is 32.4. The molecule has 8 aromatic carbocycles. The maximum atomic E-state index is 11.5. The number of methoxy groups -OCH3 is 3. The van der Waals surface area contributed by atoms with E-state index in [9.17, 15) is 38.4 Å². The van der Waals surface area contributed by atoms with Gasteiger partial charge in [0.05, 0.1) is 80.2 Å². The molecule has 3 aliphatic heterocycles. The number of carbonyl (C=O) groups is 8. The van der Waals surface area contributed by atoms with E-state index in [1.807, 2.05) is 98.0 Å². The Morgan fingerprint density at radius 1 is 0.374 bits per heavy atom. The zero-order chi connectivity index (χ0) is 91.9. The lowest BCUT2D eigenvalue weighted by Gasteiger charge is -2.36. The zero-order valence-corrected chi connectivity index (χ0v) is 73.0. The number of carboxylic acid groups (broad SMARTS) is 1. The topological polar surface area (TPSA) is 408 Å². The summed E-state index contributed by atoms with van der Waals surface area (Å²) in [6.45, 7) is 12.3. The van der Waals surface area contributed by atoms with Crippen molar-refractivity contribution < 1.29 is 62.4 Å². The quantitative estimate of drug-likeness (QED) is 0.0370. The first-order valence-electron chi connectivity index (χ1n) is 42.5. The number of hydrogen-bond acceptors (Lipinski definition) is 25. The van der Waals surface area contributed by atoms with Crippen molar-refractivity contribution in [2.45, 2.75) is 51.5 Å². The molecular weight excluding hydrogens is 1780 g/mol. The summed E-state index contributed by atoms with van der Waals surface area (Å²) < 4.78 is 20.7. The highest BCUT2D eigenvalue weighted by molar-refractivity contribution is 6.30. The molecule has 139 heavy (non-hydrogen) atoms. The lowest BCUT2D eigenvalue weighted by atomic mass is 10.1. The van der Waals surface area contributed by atoms with Crippen molar-refractivity contribution in [2.24, 2.45) is 0 Å². The number of carboxylic acids is 1. The SMILES string of the molecule is C.C.C.C.C.C.COC(=O)c1cc2c(cn1)[nH]c1ccc(C=O)cc12.COc1cc(OC)c2[nH]c3c(C)nc(C=O)cc3c2c1.O=Cc1ccc2[nH]c3c(N4CCN(c5ccc(Cl)cc5)CC4)ncnc3c2c1.O=Cc1ccc2[nH]c3c(N4CCN(c5ccccc5)CC4)nccc3c2c1.O=Cc1ccc2[nH]c3c(N4CCOCC4)ncnc3c2c1.O=Cc1ccc2[nH]c3cnc(C(=O)O)cc3c2c1. The molecule has 33 heteroatoms. The average Bonchev–Trinajstić information content (AvgIpc) is 1.61. The van der Waals surface area contributed by atoms with Crippen LogP contribution in [0.15, 0.2) is 213 Å². The standard InChI is InChI=1S/C22H20N4O.C21H18ClN5O.C15H14N4O2.C15H14N2O3.C14H10N2O3.C13H8N2O3.6CH4/c27-15-16-6-7-20-19(14-16)18-8-9-23-22(21(18)24-20)26-12-10-25(11-13-26)17-4-2-1-3-5-17;22-15-2-4-16(5-3-15)26-7-9-27(10-8-26)21-20-19(23-13-24-21)17-11-14(12-28)1-6-18(17)25-20;20-8-10-1-2-12-11(7-10)13-14(18-12)15(17-9-16-13)19-3-5-21-6-4-19;1-8-14-11(4-9(7-18)16-8)12-5-10(19-2)6-13(20-3)15(12)17-14;1-19-14(18)12-5-10-9-4-8(7-17)2-3-11(9)16-13(10)6-15-12;16-6-7-1-2-10-8(3-7)9-4-11(13(17)18)14-5-12(9)15-10;;;;;;/h1-9,14-15,24H,10-13H2;1-6,11-13,25H,7-10H2;1-2,7-9,18H,3-6H2;4-7,17H,1-3H3;2-7,16H,1H3;1-6,15H,(H,17,18);6*1H4. The third kappa shape index (κ3) is 20.7. The Hall–Kier alpha value is -16.9. The molecule has 712 valence electrons. The second kappa shape index (κ2) is 44.5. The number of piperazine rings is 2. The minimum absolute atomic E-state index is 0. The molecule has 0 saturated carbocycles. The van der Waals surface area contributed by atoms with Gasteiger partial charge in [-0.2, -0.15) is 0 Å². The highest BCUT2D eigenvalue weighted by atomic mass is 35.5. The molecule has 7 N–H and O–H groups in total. The molecule has 0 unspecified atom stereocenters. The second-order valence-corrected chi connectivity index (χ2v) is 32.0. The average molecular weight is 1890 g/mol. The molecule has 0 atom stereocenters. The fourth-order valence-electron chi connectivity index (χ4n) is 17.2. The number of ether oxygens (including phenoxy) is 4. The van der Waals surface area contributed by atoms with E-state index in [0.29, 0.717) is 58.2 Å². The fourth-order valence-corrected chi connectivity index (χ4v) is 17.3. The van der Waals surface area contributed by atoms with Crippen molar-refractivity contribution in [3.63, 3.8) is 0 Å². The van der Waals surface area contributed by atoms with Gasteiger partial charge in [-0.1, -0.05) is 74.4 Å². The van der Waals surface area contributed by atoms with Gasteiger partial charge in [-0.05, 0) is 165 Å². The van der Waals surface area contributed by atoms with E-state index in [2.05, 4.69) is 141 Å². The Labute approximate surface area is 805 Å². The molecule has 3 fully saturated rings. The molecule has 32 nitrogen and oxygen atoms in total. The van der Waals surface area contributed by atoms with Crippen LogP contribution in [-0.2, 0) is 9.47 Å². The van der Waals surface area contributed by atoms with Gasteiger partial charge < -0.3 is 78.5 Å². The number of aryl methyl sites for hydroxylation is 1. The van der Waals surface area contributed by atoms with E-state index in [0.717, 1.165) is 262 Å². The van der Waals surface area contributed by atoms with Gasteiger partial charge in [0.15, 0.2) is 23.7 Å². The minimum atomic E-state index is -1.07. The Bertz CT molecular complexity index is 7890. The summed E-state index contributed by atoms with van der Waals surface area (Å²) in [5.74, 6) is 2.64. The van der Waals surface area contributed by atoms with Crippen LogP contribution in [-0.4, -0.2) is 225 Å². The van der Waals surface area contributed by atoms with E-state index >= 15 is 0 Å². The summed E-state index contributed by atoms with van der Waals surface area (Å²) in [6.07, 6.45) is 13.0. The lowest BCUT2D eigenvalue weighted by Crippen LogP contribution is -2.46. The van der Waals surface area contributed by atoms with Gasteiger partial charge in [-0.25, -0.2) is 49.5 Å². The van der Waals surface area contributed by atoms with Crippen molar-refractivity contribution in [1.82, 2.24) is 69.8 Å². The maximum Gasteiger partial charge on any atom is 0.356 e. The fraction of sp³-hybridized carbons (Fsp3) is 0.208. The van der Waals surface area contributed by atoms with Crippen LogP contribution in [0.3, 0.4) is 0 Å². The third-order valence-electron chi connectivity index (χ3n) is 23.8. The summed E-state index contributed by atoms with van der Waals surface area (Å²) in [5.41, 5.74) is 19.6. The number of pyridine rings is 4. The van der Waals surface area contributed by atoms with E-state index in [-0.39, 0.29) is 55.9 Å². The number of aromatic carboxylic acids is 1. The smallest absolute Gasteiger partial charge is 0.356 e. The van der Waals surface area contributed by atoms with Crippen molar-refractivity contribution in [3.8, 4) is 11.5 Å². The molecule has 0 bridgehead atoms. The number of anilines is 5. The molecule has 23 rings (SSSR count). The summed E-state index contributed by atoms with van der Waals surface area (Å²) in [5, 5.41) is 18.9. The van der Waals surface area contributed by atoms with E-state index in [1.165, 1.54) is 30.7 Å². The second-order valence-electron chi connectivity index (χ2n) is 31.6. The molecule has 0 radical (unpaired) electrons. The molecule has 15 heterocycles. The molecule has 20 aromatic rings. The number of H-pyrrole nitrogens is 6. The number of rotatable bonds is 15. The molecule has 0 spiro atoms. The van der Waals surface area contributed by atoms with E-state index in [4.69, 9.17) is 30.9 Å². The number of nitrogens with zero attached hydrogens (tertiary/aromatic N) is 13. The molecule has 12 aromatic heterocycles. The number of fused-ring (bicyclic) bond motifs is 18. The van der Waals surface area contributed by atoms with Crippen molar-refractivity contribution in [2.75, 3.05) is 124 Å². The molecular formula is C106H108ClN19O13. The highest BCUT2D eigenvalue weighted by Crippen LogP contribution is 2.40. The van der Waals surface area contributed by atoms with Crippen molar-refractivity contribution in [3.05, 3.63) is 269 Å². The number of carbonyl (C=O) groups excluding carboxylic acids is 7. The van der Waals surface area contributed by atoms with Crippen LogP contribution in [0.25, 0.3) is 131 Å². The van der Waals surface area contributed by atoms with Gasteiger partial charge in [0.1, 0.15) is 94.7 Å². The summed E-state index contributed by atoms with van der Waals surface area (Å²) >= 11 is 6.00. The van der Waals surface area contributed by atoms with Crippen LogP contribution < -0.4 is 34.0 Å². The van der Waals surface area contributed by atoms with Crippen molar-refractivity contribution in [1.29, 1.82) is 0 Å². The third-order valence-corrected chi connectivity index (χ3v) is 24.1. The van der Waals surface area contributed by atoms with E-state index < -0.39 is 11.9 Å². The van der Waals surface area contributed by atoms with E-state index in [1.54, 1.807) is 81.6 Å². The number of nitrogens with one attached hydrogen (secondary N) is 6. The monoisotopic (exact) mass is 1890 g/mol. The number of morpholine rings is 1. The number of halogens is 1. The largest absolute Gasteiger partial charge is 0.497 e. The number of hydrogen-bond donors (Lipinski definition) is 7. The first-order valence-corrected chi connectivity index (χ1v) is 42.9. The number of benzene rings is 8. The van der Waals surface area contributed by atoms with Gasteiger partial charge in [0.2, 0.25) is 0 Å². The number of aromatic amines is 6.